The first kappa shape index (κ1) is 14.4. The number of hydrogen-bond acceptors (Lipinski definition) is 2. The summed E-state index contributed by atoms with van der Waals surface area (Å²) in [4.78, 5) is 23.5. The lowest BCUT2D eigenvalue weighted by Crippen LogP contribution is -2.48. The van der Waals surface area contributed by atoms with Crippen LogP contribution in [0.1, 0.15) is 37.4 Å². The van der Waals surface area contributed by atoms with E-state index in [-0.39, 0.29) is 18.0 Å². The first-order valence-corrected chi connectivity index (χ1v) is 7.04. The predicted molar refractivity (Wildman–Crippen MR) is 77.3 cm³/mol. The average molecular weight is 275 g/mol. The van der Waals surface area contributed by atoms with E-state index in [0.29, 0.717) is 6.54 Å². The van der Waals surface area contributed by atoms with Crippen LogP contribution in [0.3, 0.4) is 0 Å². The first-order valence-electron chi connectivity index (χ1n) is 7.04. The summed E-state index contributed by atoms with van der Waals surface area (Å²) in [5.41, 5.74) is 2.46. The second kappa shape index (κ2) is 6.41. The van der Waals surface area contributed by atoms with E-state index in [1.165, 1.54) is 11.1 Å². The molecule has 2 rings (SSSR count). The van der Waals surface area contributed by atoms with E-state index in [9.17, 15) is 9.59 Å². The van der Waals surface area contributed by atoms with Crippen LogP contribution in [-0.2, 0) is 11.2 Å². The number of aryl methyl sites for hydroxylation is 1. The van der Waals surface area contributed by atoms with E-state index in [1.807, 2.05) is 25.1 Å². The molecule has 0 fully saturated rings. The van der Waals surface area contributed by atoms with Crippen LogP contribution < -0.4 is 16.0 Å². The van der Waals surface area contributed by atoms with Crippen molar-refractivity contribution in [3.63, 3.8) is 0 Å². The number of nitrogens with one attached hydrogen (secondary N) is 3. The van der Waals surface area contributed by atoms with Crippen molar-refractivity contribution in [1.82, 2.24) is 16.0 Å². The molecule has 0 bridgehead atoms. The first-order chi connectivity index (χ1) is 9.61. The molecule has 1 aromatic carbocycles. The molecule has 20 heavy (non-hydrogen) atoms. The van der Waals surface area contributed by atoms with Crippen LogP contribution in [0.25, 0.3) is 0 Å². The van der Waals surface area contributed by atoms with Gasteiger partial charge >= 0.3 is 6.03 Å². The van der Waals surface area contributed by atoms with Crippen LogP contribution in [0.15, 0.2) is 24.3 Å². The van der Waals surface area contributed by atoms with Gasteiger partial charge in [0.1, 0.15) is 6.04 Å². The third kappa shape index (κ3) is 3.29. The number of likely N-dealkylation sites (N-methyl/N-ethyl adjacent to an activating group) is 1. The van der Waals surface area contributed by atoms with Crippen molar-refractivity contribution in [1.29, 1.82) is 0 Å². The standard InChI is InChI=1S/C15H21N3O2/c1-3-16-14(19)10(2)17-15(20)18-13-9-8-11-6-4-5-7-12(11)13/h4-7,10,13H,3,8-9H2,1-2H3,(H,16,19)(H2,17,18,20)/t10-,13+/m1/s1. The minimum Gasteiger partial charge on any atom is -0.355 e. The van der Waals surface area contributed by atoms with E-state index in [2.05, 4.69) is 22.0 Å². The fraction of sp³-hybridized carbons (Fsp3) is 0.467. The van der Waals surface area contributed by atoms with Crippen LogP contribution >= 0.6 is 0 Å². The zero-order valence-electron chi connectivity index (χ0n) is 11.9. The van der Waals surface area contributed by atoms with Gasteiger partial charge in [-0.1, -0.05) is 24.3 Å². The Bertz CT molecular complexity index is 502. The highest BCUT2D eigenvalue weighted by molar-refractivity contribution is 5.86. The lowest BCUT2D eigenvalue weighted by atomic mass is 10.1. The minimum atomic E-state index is -0.536. The fourth-order valence-corrected chi connectivity index (χ4v) is 2.50. The fourth-order valence-electron chi connectivity index (χ4n) is 2.50. The van der Waals surface area contributed by atoms with E-state index in [1.54, 1.807) is 6.92 Å². The summed E-state index contributed by atoms with van der Waals surface area (Å²) in [6, 6.07) is 7.32. The Hall–Kier alpha value is -2.04. The monoisotopic (exact) mass is 275 g/mol. The van der Waals surface area contributed by atoms with Gasteiger partial charge in [0, 0.05) is 6.54 Å². The van der Waals surface area contributed by atoms with E-state index < -0.39 is 6.04 Å². The molecule has 0 saturated heterocycles. The Morgan fingerprint density at radius 1 is 1.35 bits per heavy atom. The highest BCUT2D eigenvalue weighted by Crippen LogP contribution is 2.30. The molecular formula is C15H21N3O2. The molecule has 1 aliphatic rings. The molecule has 5 nitrogen and oxygen atoms in total. The Balaban J connectivity index is 1.88. The van der Waals surface area contributed by atoms with Crippen molar-refractivity contribution < 1.29 is 9.59 Å². The Morgan fingerprint density at radius 3 is 2.85 bits per heavy atom. The van der Waals surface area contributed by atoms with Crippen molar-refractivity contribution in [2.24, 2.45) is 0 Å². The summed E-state index contributed by atoms with van der Waals surface area (Å²) in [6.07, 6.45) is 1.88. The number of amides is 3. The SMILES string of the molecule is CCNC(=O)[C@@H](C)NC(=O)N[C@H]1CCc2ccccc21. The van der Waals surface area contributed by atoms with E-state index in [0.717, 1.165) is 12.8 Å². The lowest BCUT2D eigenvalue weighted by molar-refractivity contribution is -0.122. The van der Waals surface area contributed by atoms with Crippen LogP contribution in [0.5, 0.6) is 0 Å². The van der Waals surface area contributed by atoms with E-state index in [4.69, 9.17) is 0 Å². The second-order valence-corrected chi connectivity index (χ2v) is 5.02. The molecule has 0 spiro atoms. The van der Waals surface area contributed by atoms with Crippen LogP contribution in [-0.4, -0.2) is 24.5 Å². The van der Waals surface area contributed by atoms with Crippen LogP contribution in [0.2, 0.25) is 0 Å². The lowest BCUT2D eigenvalue weighted by Gasteiger charge is -2.18. The summed E-state index contributed by atoms with van der Waals surface area (Å²) >= 11 is 0. The van der Waals surface area contributed by atoms with Crippen LogP contribution in [0, 0.1) is 0 Å². The number of carbonyl (C=O) groups is 2. The number of benzene rings is 1. The zero-order valence-corrected chi connectivity index (χ0v) is 11.9. The summed E-state index contributed by atoms with van der Waals surface area (Å²) in [5, 5.41) is 8.27. The average Bonchev–Trinajstić information content (AvgIpc) is 2.82. The number of hydrogen-bond donors (Lipinski definition) is 3. The van der Waals surface area contributed by atoms with Gasteiger partial charge in [0.2, 0.25) is 5.91 Å². The molecule has 5 heteroatoms. The molecule has 3 amide bonds. The maximum atomic E-state index is 11.9. The molecule has 1 aliphatic carbocycles. The van der Waals surface area contributed by atoms with Crippen molar-refractivity contribution in [3.05, 3.63) is 35.4 Å². The number of fused-ring (bicyclic) bond motifs is 1. The van der Waals surface area contributed by atoms with Gasteiger partial charge in [0.05, 0.1) is 6.04 Å². The molecule has 0 unspecified atom stereocenters. The van der Waals surface area contributed by atoms with Gasteiger partial charge in [-0.3, -0.25) is 4.79 Å². The van der Waals surface area contributed by atoms with Gasteiger partial charge in [0.15, 0.2) is 0 Å². The maximum Gasteiger partial charge on any atom is 0.315 e. The summed E-state index contributed by atoms with van der Waals surface area (Å²) in [6.45, 7) is 4.08. The molecular weight excluding hydrogens is 254 g/mol. The smallest absolute Gasteiger partial charge is 0.315 e. The summed E-state index contributed by atoms with van der Waals surface area (Å²) < 4.78 is 0. The third-order valence-electron chi connectivity index (χ3n) is 3.53. The minimum absolute atomic E-state index is 0.0348. The molecule has 0 saturated carbocycles. The molecule has 0 aliphatic heterocycles. The number of carbonyl (C=O) groups excluding carboxylic acids is 2. The van der Waals surface area contributed by atoms with Crippen LogP contribution in [0.4, 0.5) is 4.79 Å². The van der Waals surface area contributed by atoms with Crippen molar-refractivity contribution in [2.75, 3.05) is 6.54 Å². The second-order valence-electron chi connectivity index (χ2n) is 5.02. The Kier molecular flexibility index (Phi) is 4.61. The summed E-state index contributed by atoms with van der Waals surface area (Å²) in [5.74, 6) is -0.172. The van der Waals surface area contributed by atoms with Crippen molar-refractivity contribution in [3.8, 4) is 0 Å². The van der Waals surface area contributed by atoms with Gasteiger partial charge in [-0.2, -0.15) is 0 Å². The van der Waals surface area contributed by atoms with Gasteiger partial charge in [-0.05, 0) is 37.8 Å². The van der Waals surface area contributed by atoms with Crippen molar-refractivity contribution >= 4 is 11.9 Å². The van der Waals surface area contributed by atoms with Gasteiger partial charge < -0.3 is 16.0 Å². The highest BCUT2D eigenvalue weighted by atomic mass is 16.2. The predicted octanol–water partition coefficient (Wildman–Crippen LogP) is 1.50. The van der Waals surface area contributed by atoms with Gasteiger partial charge in [-0.25, -0.2) is 4.79 Å². The molecule has 0 aromatic heterocycles. The van der Waals surface area contributed by atoms with Crippen molar-refractivity contribution in [2.45, 2.75) is 38.8 Å². The zero-order chi connectivity index (χ0) is 14.5. The largest absolute Gasteiger partial charge is 0.355 e. The topological polar surface area (TPSA) is 70.2 Å². The maximum absolute atomic E-state index is 11.9. The molecule has 0 heterocycles. The molecule has 3 N–H and O–H groups in total. The Labute approximate surface area is 119 Å². The molecule has 2 atom stereocenters. The van der Waals surface area contributed by atoms with Gasteiger partial charge in [-0.15, -0.1) is 0 Å². The highest BCUT2D eigenvalue weighted by Gasteiger charge is 2.24. The third-order valence-corrected chi connectivity index (χ3v) is 3.53. The molecule has 0 radical (unpaired) electrons. The molecule has 1 aromatic rings. The Morgan fingerprint density at radius 2 is 2.10 bits per heavy atom. The number of urea groups is 1. The molecule has 108 valence electrons. The normalized spacial score (nSPS) is 18.0. The quantitative estimate of drug-likeness (QED) is 0.779. The number of rotatable bonds is 4. The van der Waals surface area contributed by atoms with E-state index >= 15 is 0 Å². The summed E-state index contributed by atoms with van der Waals surface area (Å²) in [7, 11) is 0. The van der Waals surface area contributed by atoms with Gasteiger partial charge in [0.25, 0.3) is 0 Å².